The van der Waals surface area contributed by atoms with Gasteiger partial charge < -0.3 is 5.11 Å². The van der Waals surface area contributed by atoms with Crippen molar-refractivity contribution in [2.75, 3.05) is 0 Å². The van der Waals surface area contributed by atoms with Gasteiger partial charge in [-0.25, -0.2) is 0 Å². The number of benzene rings is 1. The van der Waals surface area contributed by atoms with Crippen molar-refractivity contribution in [2.45, 2.75) is 19.0 Å². The largest absolute Gasteiger partial charge is 0.481 e. The van der Waals surface area contributed by atoms with Gasteiger partial charge in [0.05, 0.1) is 10.6 Å². The molecule has 0 aromatic heterocycles. The van der Waals surface area contributed by atoms with E-state index >= 15 is 0 Å². The third kappa shape index (κ3) is 4.41. The molecule has 2 nitrogen and oxygen atoms in total. The molecule has 0 aliphatic rings. The maximum atomic E-state index is 12.4. The summed E-state index contributed by atoms with van der Waals surface area (Å²) in [6, 6.07) is 3.38. The molecule has 1 aromatic rings. The number of carboxylic acid groups (broad SMARTS) is 1. The van der Waals surface area contributed by atoms with Crippen LogP contribution in [0.3, 0.4) is 0 Å². The van der Waals surface area contributed by atoms with Gasteiger partial charge in [0.1, 0.15) is 0 Å². The number of aliphatic carboxylic acids is 1. The average molecular weight is 279 g/mol. The highest BCUT2D eigenvalue weighted by Gasteiger charge is 2.32. The average Bonchev–Trinajstić information content (AvgIpc) is 2.22. The van der Waals surface area contributed by atoms with Crippen LogP contribution < -0.4 is 0 Å². The van der Waals surface area contributed by atoms with Crippen molar-refractivity contribution in [2.24, 2.45) is 0 Å². The van der Waals surface area contributed by atoms with Crippen molar-refractivity contribution >= 4 is 23.6 Å². The Morgan fingerprint density at radius 2 is 2.06 bits per heavy atom. The molecule has 0 atom stereocenters. The molecule has 0 spiro atoms. The number of rotatable bonds is 4. The number of carbonyl (C=O) groups is 1. The molecule has 0 saturated heterocycles. The van der Waals surface area contributed by atoms with Gasteiger partial charge >= 0.3 is 12.1 Å². The molecule has 1 N–H and O–H groups in total. The number of hydrogen-bond donors (Lipinski definition) is 1. The van der Waals surface area contributed by atoms with Gasteiger partial charge in [-0.2, -0.15) is 13.2 Å². The third-order valence-corrected chi connectivity index (χ3v) is 2.45. The van der Waals surface area contributed by atoms with Crippen LogP contribution >= 0.6 is 11.6 Å². The summed E-state index contributed by atoms with van der Waals surface area (Å²) in [5.41, 5.74) is -0.384. The lowest BCUT2D eigenvalue weighted by molar-refractivity contribution is -0.138. The fraction of sp³-hybridized carbons (Fsp3) is 0.250. The second-order valence-corrected chi connectivity index (χ2v) is 3.98. The molecule has 0 radical (unpaired) electrons. The summed E-state index contributed by atoms with van der Waals surface area (Å²) < 4.78 is 37.2. The molecule has 0 unspecified atom stereocenters. The van der Waals surface area contributed by atoms with Crippen LogP contribution in [-0.4, -0.2) is 11.1 Å². The molecule has 0 aliphatic heterocycles. The van der Waals surface area contributed by atoms with Gasteiger partial charge in [-0.1, -0.05) is 29.8 Å². The maximum absolute atomic E-state index is 12.4. The van der Waals surface area contributed by atoms with Gasteiger partial charge in [0.25, 0.3) is 0 Å². The molecular weight excluding hydrogens is 269 g/mol. The van der Waals surface area contributed by atoms with Crippen molar-refractivity contribution < 1.29 is 23.1 Å². The Morgan fingerprint density at radius 3 is 2.56 bits per heavy atom. The summed E-state index contributed by atoms with van der Waals surface area (Å²) in [4.78, 5) is 10.2. The summed E-state index contributed by atoms with van der Waals surface area (Å²) >= 11 is 5.53. The van der Waals surface area contributed by atoms with Crippen LogP contribution in [-0.2, 0) is 11.0 Å². The quantitative estimate of drug-likeness (QED) is 0.894. The van der Waals surface area contributed by atoms with Gasteiger partial charge in [-0.3, -0.25) is 4.79 Å². The van der Waals surface area contributed by atoms with Gasteiger partial charge in [-0.15, -0.1) is 0 Å². The summed E-state index contributed by atoms with van der Waals surface area (Å²) in [6.45, 7) is 0. The van der Waals surface area contributed by atoms with E-state index in [0.717, 1.165) is 6.07 Å². The molecule has 0 fully saturated rings. The zero-order chi connectivity index (χ0) is 13.8. The lowest BCUT2D eigenvalue weighted by Gasteiger charge is -2.08. The first-order chi connectivity index (χ1) is 8.30. The maximum Gasteiger partial charge on any atom is 0.417 e. The summed E-state index contributed by atoms with van der Waals surface area (Å²) in [7, 11) is 0. The summed E-state index contributed by atoms with van der Waals surface area (Å²) in [5.74, 6) is -0.926. The van der Waals surface area contributed by atoms with Crippen LogP contribution in [0.4, 0.5) is 13.2 Å². The Morgan fingerprint density at radius 1 is 1.39 bits per heavy atom. The SMILES string of the molecule is O=C(O)CCC=Cc1ccc(C(F)(F)F)c(Cl)c1. The fourth-order valence-corrected chi connectivity index (χ4v) is 1.59. The van der Waals surface area contributed by atoms with Gasteiger partial charge in [-0.05, 0) is 24.1 Å². The van der Waals surface area contributed by atoms with Crippen LogP contribution in [0.25, 0.3) is 6.08 Å². The van der Waals surface area contributed by atoms with Gasteiger partial charge in [0, 0.05) is 6.42 Å². The zero-order valence-corrected chi connectivity index (χ0v) is 9.92. The summed E-state index contributed by atoms with van der Waals surface area (Å²) in [5, 5.41) is 8.03. The molecule has 18 heavy (non-hydrogen) atoms. The fourth-order valence-electron chi connectivity index (χ4n) is 1.29. The molecule has 0 amide bonds. The normalized spacial score (nSPS) is 12.0. The van der Waals surface area contributed by atoms with Crippen LogP contribution in [0, 0.1) is 0 Å². The molecule has 1 rings (SSSR count). The number of alkyl halides is 3. The first-order valence-corrected chi connectivity index (χ1v) is 5.43. The van der Waals surface area contributed by atoms with E-state index in [9.17, 15) is 18.0 Å². The second kappa shape index (κ2) is 5.91. The molecule has 0 saturated carbocycles. The zero-order valence-electron chi connectivity index (χ0n) is 9.17. The van der Waals surface area contributed by atoms with Crippen molar-refractivity contribution in [1.29, 1.82) is 0 Å². The van der Waals surface area contributed by atoms with E-state index in [-0.39, 0.29) is 11.4 Å². The minimum atomic E-state index is -4.47. The highest BCUT2D eigenvalue weighted by atomic mass is 35.5. The van der Waals surface area contributed by atoms with Gasteiger partial charge in [0.15, 0.2) is 0 Å². The topological polar surface area (TPSA) is 37.3 Å². The monoisotopic (exact) mass is 278 g/mol. The Hall–Kier alpha value is -1.49. The summed E-state index contributed by atoms with van der Waals surface area (Å²) in [6.07, 6.45) is -1.07. The number of allylic oxidation sites excluding steroid dienone is 1. The van der Waals surface area contributed by atoms with E-state index in [1.165, 1.54) is 18.2 Å². The first kappa shape index (κ1) is 14.6. The molecule has 0 heterocycles. The predicted octanol–water partition coefficient (Wildman–Crippen LogP) is 4.24. The Labute approximate surface area is 107 Å². The van der Waals surface area contributed by atoms with Crippen LogP contribution in [0.5, 0.6) is 0 Å². The Bertz CT molecular complexity index is 467. The van der Waals surface area contributed by atoms with Crippen LogP contribution in [0.15, 0.2) is 24.3 Å². The highest BCUT2D eigenvalue weighted by Crippen LogP contribution is 2.35. The molecule has 98 valence electrons. The molecule has 6 heteroatoms. The van der Waals surface area contributed by atoms with E-state index in [2.05, 4.69) is 0 Å². The minimum Gasteiger partial charge on any atom is -0.481 e. The van der Waals surface area contributed by atoms with Crippen LogP contribution in [0.1, 0.15) is 24.0 Å². The molecule has 0 aliphatic carbocycles. The smallest absolute Gasteiger partial charge is 0.417 e. The Balaban J connectivity index is 2.76. The Kier molecular flexibility index (Phi) is 4.78. The molecule has 1 aromatic carbocycles. The standard InChI is InChI=1S/C12H10ClF3O2/c13-10-7-8(3-1-2-4-11(17)18)5-6-9(10)12(14,15)16/h1,3,5-7H,2,4H2,(H,17,18). The van der Waals surface area contributed by atoms with E-state index in [4.69, 9.17) is 16.7 Å². The molecular formula is C12H10ClF3O2. The number of halogens is 4. The van der Waals surface area contributed by atoms with E-state index in [0.29, 0.717) is 12.0 Å². The number of hydrogen-bond acceptors (Lipinski definition) is 1. The van der Waals surface area contributed by atoms with Crippen LogP contribution in [0.2, 0.25) is 5.02 Å². The minimum absolute atomic E-state index is 0.0229. The third-order valence-electron chi connectivity index (χ3n) is 2.13. The van der Waals surface area contributed by atoms with Crippen molar-refractivity contribution in [3.63, 3.8) is 0 Å². The van der Waals surface area contributed by atoms with Crippen molar-refractivity contribution in [3.05, 3.63) is 40.4 Å². The lowest BCUT2D eigenvalue weighted by Crippen LogP contribution is -2.05. The van der Waals surface area contributed by atoms with E-state index in [1.807, 2.05) is 0 Å². The lowest BCUT2D eigenvalue weighted by atomic mass is 10.1. The van der Waals surface area contributed by atoms with Crippen molar-refractivity contribution in [1.82, 2.24) is 0 Å². The van der Waals surface area contributed by atoms with E-state index in [1.54, 1.807) is 6.08 Å². The first-order valence-electron chi connectivity index (χ1n) is 5.06. The predicted molar refractivity (Wildman–Crippen MR) is 62.4 cm³/mol. The van der Waals surface area contributed by atoms with Crippen molar-refractivity contribution in [3.8, 4) is 0 Å². The van der Waals surface area contributed by atoms with Gasteiger partial charge in [0.2, 0.25) is 0 Å². The van der Waals surface area contributed by atoms with E-state index < -0.39 is 17.7 Å². The highest BCUT2D eigenvalue weighted by molar-refractivity contribution is 6.31. The number of carboxylic acids is 1. The second-order valence-electron chi connectivity index (χ2n) is 3.57. The molecule has 0 bridgehead atoms.